The van der Waals surface area contributed by atoms with Crippen molar-refractivity contribution in [2.24, 2.45) is 0 Å². The average molecular weight is 397 g/mol. The largest absolute Gasteiger partial charge is 0.348 e. The fourth-order valence-corrected chi connectivity index (χ4v) is 4.83. The Balaban J connectivity index is 2.08. The van der Waals surface area contributed by atoms with Gasteiger partial charge in [0.15, 0.2) is 9.84 Å². The van der Waals surface area contributed by atoms with Crippen LogP contribution in [0, 0.1) is 0 Å². The minimum Gasteiger partial charge on any atom is -0.348 e. The summed E-state index contributed by atoms with van der Waals surface area (Å²) >= 11 is 6.61. The van der Waals surface area contributed by atoms with Crippen molar-refractivity contribution in [3.63, 3.8) is 0 Å². The number of carbonyl (C=O) groups excluding carboxylic acids is 1. The van der Waals surface area contributed by atoms with Crippen molar-refractivity contribution >= 4 is 47.6 Å². The monoisotopic (exact) mass is 395 g/mol. The van der Waals surface area contributed by atoms with Crippen molar-refractivity contribution in [3.8, 4) is 0 Å². The van der Waals surface area contributed by atoms with Gasteiger partial charge in [-0.1, -0.05) is 31.9 Å². The molecule has 7 heteroatoms. The second-order valence-electron chi connectivity index (χ2n) is 4.23. The SMILES string of the molecule is O=C(NC1CCS(=O)(=O)C1)c1cc(Br)cc(Br)c1. The Labute approximate surface area is 122 Å². The maximum atomic E-state index is 12.0. The first-order valence-corrected chi connectivity index (χ1v) is 8.74. The lowest BCUT2D eigenvalue weighted by Crippen LogP contribution is -2.35. The third kappa shape index (κ3) is 3.55. The van der Waals surface area contributed by atoms with Gasteiger partial charge in [-0.15, -0.1) is 0 Å². The Bertz CT molecular complexity index is 566. The normalized spacial score (nSPS) is 21.8. The summed E-state index contributed by atoms with van der Waals surface area (Å²) in [5.74, 6) is -0.0623. The molecular formula is C11H11Br2NO3S. The van der Waals surface area contributed by atoms with E-state index in [1.54, 1.807) is 12.1 Å². The van der Waals surface area contributed by atoms with Crippen molar-refractivity contribution < 1.29 is 13.2 Å². The molecule has 1 atom stereocenters. The Hall–Kier alpha value is -0.400. The first-order chi connectivity index (χ1) is 8.35. The Kier molecular flexibility index (Phi) is 4.13. The van der Waals surface area contributed by atoms with Crippen LogP contribution in [0.15, 0.2) is 27.1 Å². The Morgan fingerprint density at radius 2 is 1.83 bits per heavy atom. The molecule has 2 rings (SSSR count). The molecule has 0 aromatic heterocycles. The molecule has 1 aliphatic heterocycles. The zero-order valence-electron chi connectivity index (χ0n) is 9.32. The van der Waals surface area contributed by atoms with Gasteiger partial charge in [0.25, 0.3) is 5.91 Å². The molecule has 1 saturated heterocycles. The van der Waals surface area contributed by atoms with E-state index < -0.39 is 9.84 Å². The average Bonchev–Trinajstić information content (AvgIpc) is 2.56. The van der Waals surface area contributed by atoms with Crippen molar-refractivity contribution in [1.82, 2.24) is 5.32 Å². The van der Waals surface area contributed by atoms with Crippen LogP contribution in [0.25, 0.3) is 0 Å². The predicted molar refractivity (Wildman–Crippen MR) is 76.4 cm³/mol. The van der Waals surface area contributed by atoms with Gasteiger partial charge in [0.05, 0.1) is 11.5 Å². The fraction of sp³-hybridized carbons (Fsp3) is 0.364. The molecule has 1 heterocycles. The molecule has 1 aromatic rings. The first kappa shape index (κ1) is 14.0. The van der Waals surface area contributed by atoms with Crippen molar-refractivity contribution in [3.05, 3.63) is 32.7 Å². The minimum atomic E-state index is -2.97. The number of nitrogens with one attached hydrogen (secondary N) is 1. The van der Waals surface area contributed by atoms with E-state index in [0.29, 0.717) is 12.0 Å². The van der Waals surface area contributed by atoms with Crippen LogP contribution in [0.3, 0.4) is 0 Å². The third-order valence-corrected chi connectivity index (χ3v) is 5.38. The number of benzene rings is 1. The summed E-state index contributed by atoms with van der Waals surface area (Å²) in [6, 6.07) is 4.95. The molecule has 1 unspecified atom stereocenters. The van der Waals surface area contributed by atoms with Crippen molar-refractivity contribution in [2.45, 2.75) is 12.5 Å². The van der Waals surface area contributed by atoms with Gasteiger partial charge in [-0.25, -0.2) is 8.42 Å². The molecule has 1 amide bonds. The van der Waals surface area contributed by atoms with E-state index in [1.807, 2.05) is 6.07 Å². The predicted octanol–water partition coefficient (Wildman–Crippen LogP) is 2.13. The highest BCUT2D eigenvalue weighted by atomic mass is 79.9. The molecule has 0 spiro atoms. The molecule has 1 aromatic carbocycles. The van der Waals surface area contributed by atoms with Gasteiger partial charge in [0, 0.05) is 20.6 Å². The summed E-state index contributed by atoms with van der Waals surface area (Å²) in [6.45, 7) is 0. The first-order valence-electron chi connectivity index (χ1n) is 5.33. The van der Waals surface area contributed by atoms with Gasteiger partial charge in [-0.3, -0.25) is 4.79 Å². The summed E-state index contributed by atoms with van der Waals surface area (Å²) in [5.41, 5.74) is 0.501. The van der Waals surface area contributed by atoms with Gasteiger partial charge >= 0.3 is 0 Å². The number of hydrogen-bond acceptors (Lipinski definition) is 3. The molecule has 0 bridgehead atoms. The topological polar surface area (TPSA) is 63.2 Å². The van der Waals surface area contributed by atoms with Gasteiger partial charge in [-0.05, 0) is 24.6 Å². The molecule has 98 valence electrons. The molecule has 0 radical (unpaired) electrons. The molecule has 4 nitrogen and oxygen atoms in total. The van der Waals surface area contributed by atoms with Crippen molar-refractivity contribution in [2.75, 3.05) is 11.5 Å². The Morgan fingerprint density at radius 1 is 1.22 bits per heavy atom. The van der Waals surface area contributed by atoms with E-state index >= 15 is 0 Å². The van der Waals surface area contributed by atoms with E-state index in [1.165, 1.54) is 0 Å². The van der Waals surface area contributed by atoms with E-state index in [2.05, 4.69) is 37.2 Å². The summed E-state index contributed by atoms with van der Waals surface area (Å²) in [7, 11) is -2.97. The lowest BCUT2D eigenvalue weighted by atomic mass is 10.2. The van der Waals surface area contributed by atoms with Gasteiger partial charge < -0.3 is 5.32 Å². The maximum Gasteiger partial charge on any atom is 0.251 e. The number of sulfone groups is 1. The van der Waals surface area contributed by atoms with Crippen LogP contribution < -0.4 is 5.32 Å². The Morgan fingerprint density at radius 3 is 2.33 bits per heavy atom. The summed E-state index contributed by atoms with van der Waals surface area (Å²) in [4.78, 5) is 12.0. The molecular weight excluding hydrogens is 386 g/mol. The van der Waals surface area contributed by atoms with Gasteiger partial charge in [0.2, 0.25) is 0 Å². The molecule has 18 heavy (non-hydrogen) atoms. The fourth-order valence-electron chi connectivity index (χ4n) is 1.86. The molecule has 1 N–H and O–H groups in total. The highest BCUT2D eigenvalue weighted by Crippen LogP contribution is 2.20. The highest BCUT2D eigenvalue weighted by Gasteiger charge is 2.29. The second kappa shape index (κ2) is 5.30. The minimum absolute atomic E-state index is 0.0356. The number of rotatable bonds is 2. The number of amides is 1. The van der Waals surface area contributed by atoms with Crippen LogP contribution >= 0.6 is 31.9 Å². The second-order valence-corrected chi connectivity index (χ2v) is 8.29. The zero-order chi connectivity index (χ0) is 13.3. The lowest BCUT2D eigenvalue weighted by molar-refractivity contribution is 0.0941. The standard InChI is InChI=1S/C11H11Br2NO3S/c12-8-3-7(4-9(13)5-8)11(15)14-10-1-2-18(16,17)6-10/h3-5,10H,1-2,6H2,(H,14,15). The number of hydrogen-bond donors (Lipinski definition) is 1. The summed E-state index contributed by atoms with van der Waals surface area (Å²) < 4.78 is 24.2. The quantitative estimate of drug-likeness (QED) is 0.832. The molecule has 0 aliphatic carbocycles. The van der Waals surface area contributed by atoms with Crippen LogP contribution in [0.4, 0.5) is 0 Å². The van der Waals surface area contributed by atoms with E-state index in [-0.39, 0.29) is 23.5 Å². The van der Waals surface area contributed by atoms with E-state index in [0.717, 1.165) is 8.95 Å². The molecule has 0 saturated carbocycles. The van der Waals surface area contributed by atoms with Crippen LogP contribution in [-0.2, 0) is 9.84 Å². The van der Waals surface area contributed by atoms with E-state index in [4.69, 9.17) is 0 Å². The third-order valence-electron chi connectivity index (χ3n) is 2.69. The van der Waals surface area contributed by atoms with Crippen LogP contribution in [0.2, 0.25) is 0 Å². The van der Waals surface area contributed by atoms with Gasteiger partial charge in [0.1, 0.15) is 0 Å². The summed E-state index contributed by atoms with van der Waals surface area (Å²) in [6.07, 6.45) is 0.489. The maximum absolute atomic E-state index is 12.0. The zero-order valence-corrected chi connectivity index (χ0v) is 13.3. The number of carbonyl (C=O) groups is 1. The van der Waals surface area contributed by atoms with Crippen LogP contribution in [0.1, 0.15) is 16.8 Å². The number of halogens is 2. The van der Waals surface area contributed by atoms with E-state index in [9.17, 15) is 13.2 Å². The van der Waals surface area contributed by atoms with Crippen LogP contribution in [-0.4, -0.2) is 31.9 Å². The van der Waals surface area contributed by atoms with Gasteiger partial charge in [-0.2, -0.15) is 0 Å². The molecule has 1 aliphatic rings. The van der Waals surface area contributed by atoms with Crippen molar-refractivity contribution in [1.29, 1.82) is 0 Å². The lowest BCUT2D eigenvalue weighted by Gasteiger charge is -2.11. The molecule has 1 fully saturated rings. The smallest absolute Gasteiger partial charge is 0.251 e. The summed E-state index contributed by atoms with van der Waals surface area (Å²) in [5, 5.41) is 2.75. The van der Waals surface area contributed by atoms with Crippen LogP contribution in [0.5, 0.6) is 0 Å². The highest BCUT2D eigenvalue weighted by molar-refractivity contribution is 9.11.